The summed E-state index contributed by atoms with van der Waals surface area (Å²) in [5.74, 6) is 3.08. The molecule has 0 saturated carbocycles. The smallest absolute Gasteiger partial charge is 0.134 e. The van der Waals surface area contributed by atoms with Gasteiger partial charge >= 0.3 is 0 Å². The van der Waals surface area contributed by atoms with Crippen molar-refractivity contribution in [2.45, 2.75) is 45.4 Å². The molecule has 3 aromatic rings. The Morgan fingerprint density at radius 3 is 2.71 bits per heavy atom. The van der Waals surface area contributed by atoms with E-state index in [2.05, 4.69) is 40.4 Å². The average molecular weight is 480 g/mol. The third kappa shape index (κ3) is 7.31. The van der Waals surface area contributed by atoms with Gasteiger partial charge in [0.2, 0.25) is 0 Å². The highest BCUT2D eigenvalue weighted by Crippen LogP contribution is 2.20. The van der Waals surface area contributed by atoms with Gasteiger partial charge in [-0.1, -0.05) is 38.1 Å². The van der Waals surface area contributed by atoms with Crippen molar-refractivity contribution in [1.82, 2.24) is 14.5 Å². The largest absolute Gasteiger partial charge is 0.492 e. The van der Waals surface area contributed by atoms with Crippen LogP contribution in [0, 0.1) is 6.92 Å². The molecular weight excluding hydrogens is 442 g/mol. The van der Waals surface area contributed by atoms with Crippen LogP contribution < -0.4 is 9.47 Å². The molecule has 1 aromatic heterocycles. The lowest BCUT2D eigenvalue weighted by Crippen LogP contribution is -2.48. The minimum absolute atomic E-state index is 0.190. The van der Waals surface area contributed by atoms with Gasteiger partial charge in [0.05, 0.1) is 19.8 Å². The first-order valence-electron chi connectivity index (χ1n) is 12.3. The molecule has 1 atom stereocenters. The minimum atomic E-state index is -1.06. The first-order valence-corrected chi connectivity index (χ1v) is 12.3. The molecule has 1 N–H and O–H groups in total. The van der Waals surface area contributed by atoms with Crippen molar-refractivity contribution < 1.29 is 19.3 Å². The van der Waals surface area contributed by atoms with Crippen LogP contribution in [0.25, 0.3) is 0 Å². The van der Waals surface area contributed by atoms with Gasteiger partial charge in [0.1, 0.15) is 36.1 Å². The maximum Gasteiger partial charge on any atom is 0.134 e. The maximum atomic E-state index is 11.2. The molecule has 7 heteroatoms. The van der Waals surface area contributed by atoms with Crippen molar-refractivity contribution in [3.63, 3.8) is 0 Å². The molecule has 1 unspecified atom stereocenters. The molecule has 0 radical (unpaired) electrons. The van der Waals surface area contributed by atoms with Crippen LogP contribution in [-0.4, -0.2) is 64.7 Å². The lowest BCUT2D eigenvalue weighted by Gasteiger charge is -2.30. The van der Waals surface area contributed by atoms with Crippen LogP contribution in [0.5, 0.6) is 11.5 Å². The SMILES string of the molecule is Cc1cccc(OCC2(O)COCCN(Cc3ccc(OCCn4ccnc4C(C)C)cc3)C2)c1. The average Bonchev–Trinajstić information content (AvgIpc) is 3.23. The molecule has 4 rings (SSSR count). The summed E-state index contributed by atoms with van der Waals surface area (Å²) < 4.78 is 19.7. The fourth-order valence-electron chi connectivity index (χ4n) is 4.36. The molecule has 7 nitrogen and oxygen atoms in total. The Hall–Kier alpha value is -2.87. The molecule has 1 saturated heterocycles. The Morgan fingerprint density at radius 2 is 1.94 bits per heavy atom. The summed E-state index contributed by atoms with van der Waals surface area (Å²) in [5, 5.41) is 11.2. The third-order valence-corrected chi connectivity index (χ3v) is 6.13. The molecular formula is C28H37N3O4. The second-order valence-corrected chi connectivity index (χ2v) is 9.72. The number of nitrogens with zero attached hydrogens (tertiary/aromatic N) is 3. The Labute approximate surface area is 208 Å². The molecule has 35 heavy (non-hydrogen) atoms. The van der Waals surface area contributed by atoms with Crippen LogP contribution in [0.3, 0.4) is 0 Å². The summed E-state index contributed by atoms with van der Waals surface area (Å²) in [6.45, 7) is 10.7. The molecule has 0 amide bonds. The quantitative estimate of drug-likeness (QED) is 0.473. The molecule has 1 fully saturated rings. The van der Waals surface area contributed by atoms with E-state index in [1.54, 1.807) is 0 Å². The number of ether oxygens (including phenoxy) is 3. The molecule has 2 aromatic carbocycles. The van der Waals surface area contributed by atoms with Gasteiger partial charge in [0.25, 0.3) is 0 Å². The van der Waals surface area contributed by atoms with Crippen LogP contribution >= 0.6 is 0 Å². The van der Waals surface area contributed by atoms with E-state index < -0.39 is 5.60 Å². The molecule has 1 aliphatic rings. The third-order valence-electron chi connectivity index (χ3n) is 6.13. The van der Waals surface area contributed by atoms with Crippen molar-refractivity contribution in [3.05, 3.63) is 77.9 Å². The van der Waals surface area contributed by atoms with E-state index in [0.717, 1.165) is 48.1 Å². The highest BCUT2D eigenvalue weighted by Gasteiger charge is 2.33. The molecule has 1 aliphatic heterocycles. The number of hydrogen-bond acceptors (Lipinski definition) is 6. The van der Waals surface area contributed by atoms with Crippen molar-refractivity contribution in [2.75, 3.05) is 39.5 Å². The number of imidazole rings is 1. The zero-order chi connectivity index (χ0) is 24.7. The lowest BCUT2D eigenvalue weighted by atomic mass is 10.1. The van der Waals surface area contributed by atoms with E-state index in [9.17, 15) is 5.11 Å². The van der Waals surface area contributed by atoms with Crippen LogP contribution in [0.15, 0.2) is 60.9 Å². The number of rotatable bonds is 10. The fraction of sp³-hybridized carbons (Fsp3) is 0.464. The maximum absolute atomic E-state index is 11.2. The van der Waals surface area contributed by atoms with E-state index in [0.29, 0.717) is 25.7 Å². The number of aliphatic hydroxyl groups is 1. The van der Waals surface area contributed by atoms with Gasteiger partial charge in [-0.05, 0) is 42.3 Å². The zero-order valence-electron chi connectivity index (χ0n) is 21.0. The standard InChI is InChI=1S/C28H37N3O4/c1-22(2)27-29-11-12-31(27)14-16-34-25-9-7-24(8-10-25)18-30-13-15-33-20-28(32,19-30)21-35-26-6-4-5-23(3)17-26/h4-12,17,22,32H,13-16,18-21H2,1-3H3. The molecule has 0 spiro atoms. The Morgan fingerprint density at radius 1 is 1.11 bits per heavy atom. The lowest BCUT2D eigenvalue weighted by molar-refractivity contribution is -0.0646. The normalized spacial score (nSPS) is 19.0. The monoisotopic (exact) mass is 479 g/mol. The van der Waals surface area contributed by atoms with E-state index in [1.165, 1.54) is 0 Å². The number of benzene rings is 2. The van der Waals surface area contributed by atoms with Crippen molar-refractivity contribution in [2.24, 2.45) is 0 Å². The Bertz CT molecular complexity index is 1070. The molecule has 0 aliphatic carbocycles. The number of β-amino-alcohol motifs (C(OH)–C–C–N with tert-alkyl or cyclic N) is 1. The van der Waals surface area contributed by atoms with Gasteiger partial charge in [0.15, 0.2) is 0 Å². The summed E-state index contributed by atoms with van der Waals surface area (Å²) in [5.41, 5.74) is 1.23. The fourth-order valence-corrected chi connectivity index (χ4v) is 4.36. The summed E-state index contributed by atoms with van der Waals surface area (Å²) in [6, 6.07) is 16.0. The highest BCUT2D eigenvalue weighted by molar-refractivity contribution is 5.28. The highest BCUT2D eigenvalue weighted by atomic mass is 16.5. The molecule has 0 bridgehead atoms. The van der Waals surface area contributed by atoms with E-state index >= 15 is 0 Å². The molecule has 2 heterocycles. The topological polar surface area (TPSA) is 69.0 Å². The van der Waals surface area contributed by atoms with E-state index in [-0.39, 0.29) is 13.2 Å². The first kappa shape index (κ1) is 25.2. The number of hydrogen-bond donors (Lipinski definition) is 1. The van der Waals surface area contributed by atoms with Gasteiger partial charge in [0, 0.05) is 37.9 Å². The van der Waals surface area contributed by atoms with Crippen LogP contribution in [0.4, 0.5) is 0 Å². The Balaban J connectivity index is 1.28. The van der Waals surface area contributed by atoms with Crippen molar-refractivity contribution in [3.8, 4) is 11.5 Å². The minimum Gasteiger partial charge on any atom is -0.492 e. The summed E-state index contributed by atoms with van der Waals surface area (Å²) in [7, 11) is 0. The predicted molar refractivity (Wildman–Crippen MR) is 136 cm³/mol. The Kier molecular flexibility index (Phi) is 8.44. The van der Waals surface area contributed by atoms with Gasteiger partial charge in [-0.25, -0.2) is 4.98 Å². The van der Waals surface area contributed by atoms with E-state index in [1.807, 2.05) is 55.7 Å². The summed E-state index contributed by atoms with van der Waals surface area (Å²) in [6.07, 6.45) is 3.84. The predicted octanol–water partition coefficient (Wildman–Crippen LogP) is 4.04. The number of aromatic nitrogens is 2. The van der Waals surface area contributed by atoms with Gasteiger partial charge < -0.3 is 23.9 Å². The van der Waals surface area contributed by atoms with Gasteiger partial charge in [-0.15, -0.1) is 0 Å². The van der Waals surface area contributed by atoms with Crippen LogP contribution in [-0.2, 0) is 17.8 Å². The zero-order valence-corrected chi connectivity index (χ0v) is 21.0. The molecule has 188 valence electrons. The first-order chi connectivity index (χ1) is 16.9. The van der Waals surface area contributed by atoms with Gasteiger partial charge in [-0.3, -0.25) is 4.90 Å². The van der Waals surface area contributed by atoms with Crippen LogP contribution in [0.2, 0.25) is 0 Å². The van der Waals surface area contributed by atoms with E-state index in [4.69, 9.17) is 14.2 Å². The number of aryl methyl sites for hydroxylation is 1. The second-order valence-electron chi connectivity index (χ2n) is 9.72. The summed E-state index contributed by atoms with van der Waals surface area (Å²) >= 11 is 0. The van der Waals surface area contributed by atoms with Gasteiger partial charge in [-0.2, -0.15) is 0 Å². The van der Waals surface area contributed by atoms with Crippen LogP contribution in [0.1, 0.15) is 36.7 Å². The van der Waals surface area contributed by atoms with Crippen molar-refractivity contribution in [1.29, 1.82) is 0 Å². The second kappa shape index (κ2) is 11.7. The summed E-state index contributed by atoms with van der Waals surface area (Å²) in [4.78, 5) is 6.64. The van der Waals surface area contributed by atoms with Crippen molar-refractivity contribution >= 4 is 0 Å².